The van der Waals surface area contributed by atoms with Crippen LogP contribution >= 0.6 is 0 Å². The molecule has 1 aliphatic heterocycles. The third kappa shape index (κ3) is 7.79. The zero-order chi connectivity index (χ0) is 27.2. The van der Waals surface area contributed by atoms with Crippen LogP contribution in [0.1, 0.15) is 107 Å². The summed E-state index contributed by atoms with van der Waals surface area (Å²) in [6, 6.07) is 7.78. The molecule has 210 valence electrons. The second-order valence-electron chi connectivity index (χ2n) is 11.5. The Hall–Kier alpha value is -2.46. The minimum absolute atomic E-state index is 0.279. The van der Waals surface area contributed by atoms with E-state index in [0.717, 1.165) is 69.8 Å². The maximum atomic E-state index is 13.4. The molecular formula is C28H42N4O5S. The summed E-state index contributed by atoms with van der Waals surface area (Å²) in [4.78, 5) is 16.5. The van der Waals surface area contributed by atoms with Crippen molar-refractivity contribution in [3.63, 3.8) is 0 Å². The van der Waals surface area contributed by atoms with E-state index >= 15 is 0 Å². The third-order valence-electron chi connectivity index (χ3n) is 7.25. The molecule has 0 bridgehead atoms. The second kappa shape index (κ2) is 12.6. The Morgan fingerprint density at radius 2 is 1.71 bits per heavy atom. The Bertz CT molecular complexity index is 1150. The molecule has 1 aromatic carbocycles. The van der Waals surface area contributed by atoms with Crippen LogP contribution in [-0.4, -0.2) is 46.4 Å². The van der Waals surface area contributed by atoms with Gasteiger partial charge in [-0.3, -0.25) is 0 Å². The summed E-state index contributed by atoms with van der Waals surface area (Å²) >= 11 is 0. The fourth-order valence-corrected chi connectivity index (χ4v) is 7.52. The Kier molecular flexibility index (Phi) is 9.46. The normalized spacial score (nSPS) is 19.8. The smallest absolute Gasteiger partial charge is 0.407 e. The highest BCUT2D eigenvalue weighted by molar-refractivity contribution is 7.89. The summed E-state index contributed by atoms with van der Waals surface area (Å²) < 4.78 is 39.4. The lowest BCUT2D eigenvalue weighted by molar-refractivity contribution is 0.0523. The van der Waals surface area contributed by atoms with Gasteiger partial charge in [0, 0.05) is 19.5 Å². The molecule has 9 nitrogen and oxygen atoms in total. The number of benzene rings is 1. The lowest BCUT2D eigenvalue weighted by Crippen LogP contribution is -2.44. The molecule has 38 heavy (non-hydrogen) atoms. The minimum Gasteiger partial charge on any atom is -0.444 e. The van der Waals surface area contributed by atoms with Gasteiger partial charge in [0.25, 0.3) is 0 Å². The number of piperidine rings is 1. The molecule has 4 rings (SSSR count). The predicted molar refractivity (Wildman–Crippen MR) is 145 cm³/mol. The van der Waals surface area contributed by atoms with E-state index in [2.05, 4.69) is 27.6 Å². The summed E-state index contributed by atoms with van der Waals surface area (Å²) in [5.74, 6) is 1.06. The van der Waals surface area contributed by atoms with Crippen LogP contribution in [-0.2, 0) is 34.1 Å². The number of sulfonamides is 1. The number of carbonyl (C=O) groups excluding carboxylic acids is 1. The SMILES string of the molecule is CC(C)(C)OC(=O)NCc1ccc(CCCc2noc(C3CCCCN3S(=O)(=O)C3CCCCC3)n2)cc1. The molecule has 1 aromatic heterocycles. The molecule has 2 aliphatic rings. The van der Waals surface area contributed by atoms with Crippen LogP contribution in [0.15, 0.2) is 28.8 Å². The van der Waals surface area contributed by atoms with Crippen molar-refractivity contribution in [2.75, 3.05) is 6.54 Å². The Labute approximate surface area is 226 Å². The highest BCUT2D eigenvalue weighted by Crippen LogP contribution is 2.36. The number of alkyl carbamates (subject to hydrolysis) is 1. The quantitative estimate of drug-likeness (QED) is 0.444. The number of ether oxygens (including phenoxy) is 1. The number of nitrogens with zero attached hydrogens (tertiary/aromatic N) is 3. The lowest BCUT2D eigenvalue weighted by Gasteiger charge is -2.36. The van der Waals surface area contributed by atoms with Gasteiger partial charge in [0.1, 0.15) is 11.6 Å². The van der Waals surface area contributed by atoms with Crippen molar-refractivity contribution in [1.82, 2.24) is 19.8 Å². The number of carbonyl (C=O) groups is 1. The van der Waals surface area contributed by atoms with Crippen LogP contribution in [0.4, 0.5) is 4.79 Å². The highest BCUT2D eigenvalue weighted by Gasteiger charge is 2.41. The van der Waals surface area contributed by atoms with Crippen molar-refractivity contribution < 1.29 is 22.5 Å². The van der Waals surface area contributed by atoms with E-state index < -0.39 is 21.7 Å². The van der Waals surface area contributed by atoms with Gasteiger partial charge in [-0.1, -0.05) is 55.1 Å². The van der Waals surface area contributed by atoms with E-state index in [4.69, 9.17) is 9.26 Å². The van der Waals surface area contributed by atoms with Crippen LogP contribution in [0.25, 0.3) is 0 Å². The number of aryl methyl sites for hydroxylation is 2. The molecule has 1 unspecified atom stereocenters. The van der Waals surface area contributed by atoms with Gasteiger partial charge in [-0.2, -0.15) is 9.29 Å². The minimum atomic E-state index is -3.37. The molecule has 1 saturated carbocycles. The Morgan fingerprint density at radius 3 is 2.42 bits per heavy atom. The van der Waals surface area contributed by atoms with Gasteiger partial charge in [0.05, 0.1) is 5.25 Å². The zero-order valence-electron chi connectivity index (χ0n) is 22.9. The van der Waals surface area contributed by atoms with Crippen molar-refractivity contribution in [3.8, 4) is 0 Å². The number of hydrogen-bond donors (Lipinski definition) is 1. The van der Waals surface area contributed by atoms with Crippen molar-refractivity contribution >= 4 is 16.1 Å². The van der Waals surface area contributed by atoms with Crippen molar-refractivity contribution in [2.45, 2.75) is 115 Å². The topological polar surface area (TPSA) is 115 Å². The molecule has 1 atom stereocenters. The number of nitrogens with one attached hydrogen (secondary N) is 1. The molecule has 2 heterocycles. The van der Waals surface area contributed by atoms with E-state index in [0.29, 0.717) is 31.2 Å². The first kappa shape index (κ1) is 28.5. The van der Waals surface area contributed by atoms with E-state index in [1.165, 1.54) is 5.56 Å². The average Bonchev–Trinajstić information content (AvgIpc) is 3.36. The van der Waals surface area contributed by atoms with Crippen LogP contribution in [0.3, 0.4) is 0 Å². The fourth-order valence-electron chi connectivity index (χ4n) is 5.28. The molecular weight excluding hydrogens is 504 g/mol. The first-order valence-electron chi connectivity index (χ1n) is 14.0. The highest BCUT2D eigenvalue weighted by atomic mass is 32.2. The van der Waals surface area contributed by atoms with Gasteiger partial charge in [-0.05, 0) is 70.4 Å². The summed E-state index contributed by atoms with van der Waals surface area (Å²) in [6.45, 7) is 6.46. The predicted octanol–water partition coefficient (Wildman–Crippen LogP) is 5.46. The van der Waals surface area contributed by atoms with Gasteiger partial charge in [0.2, 0.25) is 15.9 Å². The van der Waals surface area contributed by atoms with E-state index in [9.17, 15) is 13.2 Å². The molecule has 0 spiro atoms. The first-order chi connectivity index (χ1) is 18.1. The first-order valence-corrected chi connectivity index (χ1v) is 15.5. The molecule has 0 radical (unpaired) electrons. The molecule has 1 N–H and O–H groups in total. The van der Waals surface area contributed by atoms with E-state index in [1.54, 1.807) is 4.31 Å². The lowest BCUT2D eigenvalue weighted by atomic mass is 10.0. The summed E-state index contributed by atoms with van der Waals surface area (Å²) in [5.41, 5.74) is 1.67. The van der Waals surface area contributed by atoms with Crippen LogP contribution in [0.2, 0.25) is 0 Å². The standard InChI is InChI=1S/C28H42N4O5S/c1-28(2,3)36-27(33)29-20-22-17-15-21(16-18-22)10-9-14-25-30-26(37-31-25)24-13-7-8-19-32(24)38(34,35)23-11-5-4-6-12-23/h15-18,23-24H,4-14,19-20H2,1-3H3,(H,29,33). The van der Waals surface area contributed by atoms with Gasteiger partial charge in [-0.15, -0.1) is 0 Å². The number of aromatic nitrogens is 2. The van der Waals surface area contributed by atoms with Crippen molar-refractivity contribution in [1.29, 1.82) is 0 Å². The van der Waals surface area contributed by atoms with Crippen LogP contribution in [0, 0.1) is 0 Å². The van der Waals surface area contributed by atoms with Gasteiger partial charge < -0.3 is 14.6 Å². The molecule has 2 aromatic rings. The Balaban J connectivity index is 1.27. The van der Waals surface area contributed by atoms with Crippen LogP contribution < -0.4 is 5.32 Å². The maximum absolute atomic E-state index is 13.4. The van der Waals surface area contributed by atoms with E-state index in [-0.39, 0.29) is 11.3 Å². The zero-order valence-corrected chi connectivity index (χ0v) is 23.8. The molecule has 10 heteroatoms. The maximum Gasteiger partial charge on any atom is 0.407 e. The molecule has 1 saturated heterocycles. The summed E-state index contributed by atoms with van der Waals surface area (Å²) in [7, 11) is -3.37. The molecule has 1 aliphatic carbocycles. The van der Waals surface area contributed by atoms with Gasteiger partial charge in [0.15, 0.2) is 5.82 Å². The molecule has 2 fully saturated rings. The van der Waals surface area contributed by atoms with Gasteiger partial charge >= 0.3 is 6.09 Å². The average molecular weight is 547 g/mol. The number of rotatable bonds is 9. The summed E-state index contributed by atoms with van der Waals surface area (Å²) in [6.07, 6.45) is 9.10. The number of hydrogen-bond acceptors (Lipinski definition) is 7. The van der Waals surface area contributed by atoms with Crippen LogP contribution in [0.5, 0.6) is 0 Å². The summed E-state index contributed by atoms with van der Waals surface area (Å²) in [5, 5.41) is 6.66. The second-order valence-corrected chi connectivity index (χ2v) is 13.7. The third-order valence-corrected chi connectivity index (χ3v) is 9.65. The fraction of sp³-hybridized carbons (Fsp3) is 0.679. The number of amides is 1. The van der Waals surface area contributed by atoms with Gasteiger partial charge in [-0.25, -0.2) is 13.2 Å². The largest absolute Gasteiger partial charge is 0.444 e. The van der Waals surface area contributed by atoms with Crippen molar-refractivity contribution in [2.24, 2.45) is 0 Å². The van der Waals surface area contributed by atoms with E-state index in [1.807, 2.05) is 32.9 Å². The molecule has 1 amide bonds. The monoisotopic (exact) mass is 546 g/mol. The van der Waals surface area contributed by atoms with Crippen molar-refractivity contribution in [3.05, 3.63) is 47.1 Å². The Morgan fingerprint density at radius 1 is 1.03 bits per heavy atom.